The Balaban J connectivity index is 1.79. The average Bonchev–Trinajstić information content (AvgIpc) is 3.39. The summed E-state index contributed by atoms with van der Waals surface area (Å²) in [4.78, 5) is 14.5. The number of halogens is 7. The number of rotatable bonds is 5. The molecule has 2 aromatic rings. The van der Waals surface area contributed by atoms with Crippen LogP contribution in [0, 0.1) is 23.2 Å². The SMILES string of the molecule is C[C@H]1CC[C@H](C(=O)N2CC[C@](c3ccc(C(F)(C(F)(F)F)C(F)(F)F)cc3)(S(=O)(=O)c3ccc(C#N)cc3)C2)CC1. The number of nitrogens with zero attached hydrogens (tertiary/aromatic N) is 2. The molecule has 2 fully saturated rings. The fourth-order valence-electron chi connectivity index (χ4n) is 5.77. The predicted molar refractivity (Wildman–Crippen MR) is 134 cm³/mol. The molecule has 13 heteroatoms. The Kier molecular flexibility index (Phi) is 7.97. The molecule has 1 aliphatic carbocycles. The second-order valence-corrected chi connectivity index (χ2v) is 13.1. The summed E-state index contributed by atoms with van der Waals surface area (Å²) in [7, 11) is -4.43. The third-order valence-corrected chi connectivity index (χ3v) is 10.8. The number of carbonyl (C=O) groups excluding carboxylic acids is 1. The van der Waals surface area contributed by atoms with E-state index >= 15 is 0 Å². The molecular formula is C28H27F7N2O3S. The van der Waals surface area contributed by atoms with Crippen LogP contribution in [-0.4, -0.2) is 44.7 Å². The zero-order valence-corrected chi connectivity index (χ0v) is 22.7. The van der Waals surface area contributed by atoms with E-state index in [-0.39, 0.29) is 40.8 Å². The molecule has 1 saturated heterocycles. The van der Waals surface area contributed by atoms with Crippen LogP contribution in [0.3, 0.4) is 0 Å². The van der Waals surface area contributed by atoms with Gasteiger partial charge in [-0.15, -0.1) is 0 Å². The molecule has 4 rings (SSSR count). The molecule has 222 valence electrons. The van der Waals surface area contributed by atoms with Gasteiger partial charge in [-0.3, -0.25) is 4.79 Å². The monoisotopic (exact) mass is 604 g/mol. The van der Waals surface area contributed by atoms with E-state index in [9.17, 15) is 43.9 Å². The summed E-state index contributed by atoms with van der Waals surface area (Å²) < 4.78 is 121. The van der Waals surface area contributed by atoms with Crippen molar-refractivity contribution in [1.82, 2.24) is 4.90 Å². The van der Waals surface area contributed by atoms with E-state index in [1.165, 1.54) is 29.2 Å². The van der Waals surface area contributed by atoms with Gasteiger partial charge in [0.2, 0.25) is 5.91 Å². The van der Waals surface area contributed by atoms with Crippen molar-refractivity contribution in [2.24, 2.45) is 11.8 Å². The summed E-state index contributed by atoms with van der Waals surface area (Å²) in [5, 5.41) is 9.08. The molecule has 1 aliphatic heterocycles. The molecule has 0 radical (unpaired) electrons. The highest BCUT2D eigenvalue weighted by molar-refractivity contribution is 7.92. The summed E-state index contributed by atoms with van der Waals surface area (Å²) in [6.45, 7) is 1.66. The van der Waals surface area contributed by atoms with Gasteiger partial charge in [-0.25, -0.2) is 12.8 Å². The first-order valence-electron chi connectivity index (χ1n) is 12.9. The van der Waals surface area contributed by atoms with Crippen LogP contribution in [0.15, 0.2) is 53.4 Å². The molecule has 1 atom stereocenters. The zero-order chi connectivity index (χ0) is 30.4. The number of sulfone groups is 1. The van der Waals surface area contributed by atoms with Crippen LogP contribution in [-0.2, 0) is 25.0 Å². The highest BCUT2D eigenvalue weighted by atomic mass is 32.2. The van der Waals surface area contributed by atoms with Crippen molar-refractivity contribution in [3.63, 3.8) is 0 Å². The smallest absolute Gasteiger partial charge is 0.340 e. The van der Waals surface area contributed by atoms with Crippen molar-refractivity contribution in [2.45, 2.75) is 66.7 Å². The van der Waals surface area contributed by atoms with E-state index < -0.39 is 44.7 Å². The lowest BCUT2D eigenvalue weighted by Crippen LogP contribution is -2.50. The largest absolute Gasteiger partial charge is 0.435 e. The first-order valence-corrected chi connectivity index (χ1v) is 14.4. The van der Waals surface area contributed by atoms with Crippen molar-refractivity contribution in [2.75, 3.05) is 13.1 Å². The van der Waals surface area contributed by atoms with Gasteiger partial charge in [0.15, 0.2) is 9.84 Å². The van der Waals surface area contributed by atoms with Gasteiger partial charge in [-0.1, -0.05) is 31.2 Å². The molecule has 1 saturated carbocycles. The summed E-state index contributed by atoms with van der Waals surface area (Å²) in [5.74, 6) is -0.141. The predicted octanol–water partition coefficient (Wildman–Crippen LogP) is 6.58. The standard InChI is InChI=1S/C28H27F7N2O3S/c1-18-2-6-20(7-3-18)24(38)37-15-14-25(17-37,41(39,40)23-12-4-19(16-36)5-13-23)21-8-10-22(11-9-21)26(29,27(30,31)32)28(33,34)35/h4-5,8-13,18,20H,2-3,6-7,14-15,17H2,1H3/t18-,20-,25-/m0/s1. The van der Waals surface area contributed by atoms with Gasteiger partial charge in [0, 0.05) is 24.6 Å². The summed E-state index contributed by atoms with van der Waals surface area (Å²) >= 11 is 0. The molecule has 2 aromatic carbocycles. The van der Waals surface area contributed by atoms with Crippen molar-refractivity contribution in [3.8, 4) is 6.07 Å². The number of nitriles is 1. The second-order valence-electron chi connectivity index (χ2n) is 10.8. The highest BCUT2D eigenvalue weighted by Gasteiger charge is 2.73. The van der Waals surface area contributed by atoms with E-state index in [2.05, 4.69) is 6.92 Å². The fraction of sp³-hybridized carbons (Fsp3) is 0.500. The Hall–Kier alpha value is -3.14. The summed E-state index contributed by atoms with van der Waals surface area (Å²) in [5.41, 5.74) is -7.43. The number of alkyl halides is 7. The van der Waals surface area contributed by atoms with Gasteiger partial charge >= 0.3 is 18.0 Å². The average molecular weight is 605 g/mol. The third-order valence-electron chi connectivity index (χ3n) is 8.31. The molecule has 1 amide bonds. The molecule has 1 heterocycles. The lowest BCUT2D eigenvalue weighted by atomic mass is 9.82. The minimum Gasteiger partial charge on any atom is -0.340 e. The van der Waals surface area contributed by atoms with E-state index in [4.69, 9.17) is 5.26 Å². The maximum atomic E-state index is 14.7. The van der Waals surface area contributed by atoms with Crippen molar-refractivity contribution in [3.05, 3.63) is 65.2 Å². The normalized spacial score (nSPS) is 24.2. The zero-order valence-electron chi connectivity index (χ0n) is 21.9. The van der Waals surface area contributed by atoms with E-state index in [1.807, 2.05) is 6.07 Å². The third kappa shape index (κ3) is 5.19. The number of hydrogen-bond donors (Lipinski definition) is 0. The minimum atomic E-state index is -6.33. The molecule has 0 aromatic heterocycles. The number of amides is 1. The van der Waals surface area contributed by atoms with Crippen molar-refractivity contribution in [1.29, 1.82) is 5.26 Å². The highest BCUT2D eigenvalue weighted by Crippen LogP contribution is 2.54. The summed E-state index contributed by atoms with van der Waals surface area (Å²) in [6.07, 6.45) is -9.96. The van der Waals surface area contributed by atoms with Crippen LogP contribution in [0.5, 0.6) is 0 Å². The first-order chi connectivity index (χ1) is 19.0. The quantitative estimate of drug-likeness (QED) is 0.362. The number of likely N-dealkylation sites (tertiary alicyclic amines) is 1. The van der Waals surface area contributed by atoms with Crippen LogP contribution in [0.25, 0.3) is 0 Å². The topological polar surface area (TPSA) is 78.2 Å². The molecule has 41 heavy (non-hydrogen) atoms. The van der Waals surface area contributed by atoms with Crippen LogP contribution >= 0.6 is 0 Å². The van der Waals surface area contributed by atoms with Gasteiger partial charge in [-0.05, 0) is 67.9 Å². The van der Waals surface area contributed by atoms with Gasteiger partial charge in [0.1, 0.15) is 4.75 Å². The Morgan fingerprint density at radius 3 is 1.93 bits per heavy atom. The summed E-state index contributed by atoms with van der Waals surface area (Å²) in [6, 6.07) is 8.81. The molecule has 5 nitrogen and oxygen atoms in total. The van der Waals surface area contributed by atoms with Crippen molar-refractivity contribution < 1.29 is 43.9 Å². The van der Waals surface area contributed by atoms with Crippen LogP contribution in [0.1, 0.15) is 55.7 Å². The molecule has 0 spiro atoms. The molecule has 0 N–H and O–H groups in total. The Labute approximate surface area is 232 Å². The maximum Gasteiger partial charge on any atom is 0.435 e. The lowest BCUT2D eigenvalue weighted by Gasteiger charge is -2.33. The van der Waals surface area contributed by atoms with Crippen molar-refractivity contribution >= 4 is 15.7 Å². The first kappa shape index (κ1) is 30.8. The van der Waals surface area contributed by atoms with Gasteiger partial charge < -0.3 is 4.90 Å². The Morgan fingerprint density at radius 1 is 0.902 bits per heavy atom. The van der Waals surface area contributed by atoms with E-state index in [1.54, 1.807) is 0 Å². The minimum absolute atomic E-state index is 0.0136. The molecular weight excluding hydrogens is 577 g/mol. The van der Waals surface area contributed by atoms with Gasteiger partial charge in [0.25, 0.3) is 0 Å². The van der Waals surface area contributed by atoms with E-state index in [0.717, 1.165) is 25.0 Å². The Morgan fingerprint density at radius 2 is 1.44 bits per heavy atom. The molecule has 0 bridgehead atoms. The maximum absolute atomic E-state index is 14.7. The lowest BCUT2D eigenvalue weighted by molar-refractivity contribution is -0.348. The van der Waals surface area contributed by atoms with Crippen LogP contribution in [0.4, 0.5) is 30.7 Å². The van der Waals surface area contributed by atoms with Gasteiger partial charge in [0.05, 0.1) is 16.5 Å². The molecule has 0 unspecified atom stereocenters. The van der Waals surface area contributed by atoms with Crippen LogP contribution in [0.2, 0.25) is 0 Å². The van der Waals surface area contributed by atoms with Gasteiger partial charge in [-0.2, -0.15) is 31.6 Å². The van der Waals surface area contributed by atoms with E-state index in [0.29, 0.717) is 30.9 Å². The number of carbonyl (C=O) groups is 1. The number of benzene rings is 2. The fourth-order valence-corrected chi connectivity index (χ4v) is 7.85. The van der Waals surface area contributed by atoms with Crippen LogP contribution < -0.4 is 0 Å². The Bertz CT molecular complexity index is 1410. The number of hydrogen-bond acceptors (Lipinski definition) is 4. The molecule has 2 aliphatic rings. The second kappa shape index (κ2) is 10.6.